The summed E-state index contributed by atoms with van der Waals surface area (Å²) >= 11 is 0. The van der Waals surface area contributed by atoms with Crippen LogP contribution in [0.3, 0.4) is 0 Å². The predicted octanol–water partition coefficient (Wildman–Crippen LogP) is 15.7. The van der Waals surface area contributed by atoms with Gasteiger partial charge in [0.2, 0.25) is 13.4 Å². The van der Waals surface area contributed by atoms with E-state index in [1.807, 2.05) is 0 Å². The molecule has 0 saturated carbocycles. The summed E-state index contributed by atoms with van der Waals surface area (Å²) in [7, 11) is 0. The van der Waals surface area contributed by atoms with E-state index in [0.717, 1.165) is 13.1 Å². The van der Waals surface area contributed by atoms with Gasteiger partial charge in [-0.3, -0.25) is 0 Å². The highest BCUT2D eigenvalue weighted by Crippen LogP contribution is 2.41. The molecule has 0 bridgehead atoms. The number of hydrogen-bond donors (Lipinski definition) is 0. The zero-order valence-corrected chi connectivity index (χ0v) is 50.8. The molecule has 0 fully saturated rings. The average Bonchev–Trinajstić information content (AvgIpc) is 4.15. The lowest BCUT2D eigenvalue weighted by Crippen LogP contribution is -2.55. The van der Waals surface area contributed by atoms with Crippen molar-refractivity contribution in [2.24, 2.45) is 0 Å². The molecule has 0 aliphatic heterocycles. The van der Waals surface area contributed by atoms with E-state index < -0.39 is 0 Å². The maximum Gasteiger partial charge on any atom is 0.242 e. The first-order chi connectivity index (χ1) is 39.5. The molecule has 2 aromatic heterocycles. The van der Waals surface area contributed by atoms with E-state index in [1.165, 1.54) is 177 Å². The molecule has 10 aromatic carbocycles. The van der Waals surface area contributed by atoms with Crippen molar-refractivity contribution in [2.45, 2.75) is 110 Å². The first-order valence-electron chi connectivity index (χ1n) is 29.8. The van der Waals surface area contributed by atoms with E-state index in [-0.39, 0.29) is 13.4 Å². The van der Waals surface area contributed by atoms with Crippen molar-refractivity contribution in [3.63, 3.8) is 0 Å². The Morgan fingerprint density at radius 3 is 0.805 bits per heavy atom. The number of hydrogen-bond acceptors (Lipinski definition) is 0. The van der Waals surface area contributed by atoms with Gasteiger partial charge in [-0.25, -0.2) is 0 Å². The molecule has 0 aliphatic carbocycles. The summed E-state index contributed by atoms with van der Waals surface area (Å²) in [5.74, 6) is 0. The molecule has 0 amide bonds. The van der Waals surface area contributed by atoms with Crippen molar-refractivity contribution in [2.75, 3.05) is 0 Å². The first-order valence-corrected chi connectivity index (χ1v) is 29.8. The third-order valence-corrected chi connectivity index (χ3v) is 18.1. The molecule has 0 radical (unpaired) electrons. The van der Waals surface area contributed by atoms with E-state index in [2.05, 4.69) is 288 Å². The molecule has 12 aromatic rings. The molecule has 82 heavy (non-hydrogen) atoms. The minimum Gasteiger partial charge on any atom is -0.341 e. The summed E-state index contributed by atoms with van der Waals surface area (Å²) < 4.78 is 5.03. The maximum absolute atomic E-state index is 2.54. The summed E-state index contributed by atoms with van der Waals surface area (Å²) in [4.78, 5) is 0. The van der Waals surface area contributed by atoms with Gasteiger partial charge in [-0.15, -0.1) is 0 Å². The van der Waals surface area contributed by atoms with Crippen LogP contribution >= 0.6 is 0 Å². The lowest BCUT2D eigenvalue weighted by atomic mass is 9.34. The van der Waals surface area contributed by atoms with Gasteiger partial charge < -0.3 is 9.13 Å². The lowest BCUT2D eigenvalue weighted by molar-refractivity contribution is 0.827. The Morgan fingerprint density at radius 1 is 0.280 bits per heavy atom. The zero-order valence-electron chi connectivity index (χ0n) is 50.8. The number of aromatic nitrogens is 2. The number of benzene rings is 10. The van der Waals surface area contributed by atoms with E-state index in [4.69, 9.17) is 0 Å². The van der Waals surface area contributed by atoms with Crippen molar-refractivity contribution in [1.82, 2.24) is 9.13 Å². The second-order valence-corrected chi connectivity index (χ2v) is 24.1. The van der Waals surface area contributed by atoms with Gasteiger partial charge >= 0.3 is 0 Å². The number of nitrogens with zero attached hydrogens (tertiary/aromatic N) is 2. The second-order valence-electron chi connectivity index (χ2n) is 24.1. The highest BCUT2D eigenvalue weighted by atomic mass is 15.0. The number of fused-ring (bicyclic) bond motifs is 6. The van der Waals surface area contributed by atoms with Crippen molar-refractivity contribution >= 4 is 101 Å². The first kappa shape index (κ1) is 54.3. The van der Waals surface area contributed by atoms with Crippen LogP contribution in [0.2, 0.25) is 0 Å². The summed E-state index contributed by atoms with van der Waals surface area (Å²) in [5, 5.41) is 5.11. The quantitative estimate of drug-likeness (QED) is 0.0852. The Bertz CT molecular complexity index is 4050. The van der Waals surface area contributed by atoms with E-state index in [9.17, 15) is 0 Å². The normalized spacial score (nSPS) is 12.1. The van der Waals surface area contributed by atoms with Gasteiger partial charge in [0.15, 0.2) is 0 Å². The van der Waals surface area contributed by atoms with Crippen molar-refractivity contribution < 1.29 is 0 Å². The molecule has 0 spiro atoms. The van der Waals surface area contributed by atoms with Gasteiger partial charge in [-0.2, -0.15) is 0 Å². The van der Waals surface area contributed by atoms with Gasteiger partial charge in [-0.05, 0) is 167 Å². The second kappa shape index (κ2) is 21.5. The predicted molar refractivity (Wildman–Crippen MR) is 360 cm³/mol. The van der Waals surface area contributed by atoms with Gasteiger partial charge in [0, 0.05) is 56.7 Å². The smallest absolute Gasteiger partial charge is 0.242 e. The maximum atomic E-state index is 2.54. The topological polar surface area (TPSA) is 9.86 Å². The SMILES string of the molecule is CCn1c2ccc(B(c3c(C)cc(C)cc3C)c3c(C)cc(C)cc3C)cc2c2cc(/C(=C(\c3ccccc3)c3ccc4c(c3)c3cc(B(c5c(C)cc(C)cc5C)c5c(C)cc(C)cc5C)ccc3n4CC)c3ccccc3)ccc21. The molecule has 2 heterocycles. The fourth-order valence-electron chi connectivity index (χ4n) is 15.3. The molecule has 0 N–H and O–H groups in total. The summed E-state index contributed by atoms with van der Waals surface area (Å²) in [5.41, 5.74) is 36.4. The minimum atomic E-state index is 0.0699. The van der Waals surface area contributed by atoms with Crippen LogP contribution in [0, 0.1) is 83.1 Å². The number of rotatable bonds is 12. The van der Waals surface area contributed by atoms with E-state index in [1.54, 1.807) is 0 Å². The van der Waals surface area contributed by atoms with Crippen LogP contribution in [0.1, 0.15) is 103 Å². The van der Waals surface area contributed by atoms with Crippen LogP contribution in [0.25, 0.3) is 54.8 Å². The molecule has 4 heteroatoms. The summed E-state index contributed by atoms with van der Waals surface area (Å²) in [6, 6.07) is 70.6. The van der Waals surface area contributed by atoms with Crippen LogP contribution in [0.15, 0.2) is 182 Å². The Hall–Kier alpha value is -8.33. The molecule has 0 atom stereocenters. The zero-order chi connectivity index (χ0) is 57.4. The Balaban J connectivity index is 1.12. The van der Waals surface area contributed by atoms with Gasteiger partial charge in [0.05, 0.1) is 0 Å². The average molecular weight is 1060 g/mol. The molecule has 2 nitrogen and oxygen atoms in total. The highest BCUT2D eigenvalue weighted by molar-refractivity contribution is 6.97. The minimum absolute atomic E-state index is 0.0699. The van der Waals surface area contributed by atoms with Crippen LogP contribution in [0.5, 0.6) is 0 Å². The Kier molecular flexibility index (Phi) is 14.2. The largest absolute Gasteiger partial charge is 0.341 e. The van der Waals surface area contributed by atoms with Crippen LogP contribution in [-0.2, 0) is 13.1 Å². The fourth-order valence-corrected chi connectivity index (χ4v) is 15.3. The molecular weight excluding hydrogens is 986 g/mol. The number of aryl methyl sites for hydroxylation is 14. The monoisotopic (exact) mass is 1060 g/mol. The van der Waals surface area contributed by atoms with Crippen molar-refractivity contribution in [3.05, 3.63) is 271 Å². The Morgan fingerprint density at radius 2 is 0.537 bits per heavy atom. The fraction of sp³-hybridized carbons (Fsp3) is 0.205. The standard InChI is InChI=1S/C78H76B2N2/c1-15-81-69-31-27-61(43-65(69)67-45-63(29-33-71(67)81)79(75-51(7)35-47(3)36-52(75)8)76-53(9)37-48(4)38-54(76)10)73(59-23-19-17-20-24-59)74(60-25-21-18-22-26-60)62-28-32-70-66(44-62)68-46-64(30-34-72(68)82(70)16-2)80(77-55(11)39-49(5)40-56(77)12)78-57(13)41-50(6)42-58(78)14/h17-46H,15-16H2,1-14H3/b74-73+. The van der Waals surface area contributed by atoms with E-state index in [0.29, 0.717) is 0 Å². The van der Waals surface area contributed by atoms with Gasteiger partial charge in [0.25, 0.3) is 0 Å². The lowest BCUT2D eigenvalue weighted by Gasteiger charge is -2.25. The summed E-state index contributed by atoms with van der Waals surface area (Å²) in [6.45, 7) is 33.8. The third-order valence-electron chi connectivity index (χ3n) is 18.1. The van der Waals surface area contributed by atoms with Crippen LogP contribution < -0.4 is 32.8 Å². The Labute approximate surface area is 488 Å². The van der Waals surface area contributed by atoms with Crippen LogP contribution in [-0.4, -0.2) is 22.6 Å². The van der Waals surface area contributed by atoms with Crippen molar-refractivity contribution in [3.8, 4) is 0 Å². The summed E-state index contributed by atoms with van der Waals surface area (Å²) in [6.07, 6.45) is 0. The van der Waals surface area contributed by atoms with E-state index >= 15 is 0 Å². The molecule has 0 unspecified atom stereocenters. The van der Waals surface area contributed by atoms with Crippen molar-refractivity contribution in [1.29, 1.82) is 0 Å². The van der Waals surface area contributed by atoms with Gasteiger partial charge in [0.1, 0.15) is 0 Å². The van der Waals surface area contributed by atoms with Crippen LogP contribution in [0.4, 0.5) is 0 Å². The van der Waals surface area contributed by atoms with Gasteiger partial charge in [-0.1, -0.05) is 245 Å². The molecular formula is C78H76B2N2. The molecule has 0 saturated heterocycles. The molecule has 12 rings (SSSR count). The molecule has 404 valence electrons. The highest BCUT2D eigenvalue weighted by Gasteiger charge is 2.32. The third kappa shape index (κ3) is 9.35. The molecule has 0 aliphatic rings.